The van der Waals surface area contributed by atoms with Crippen LogP contribution in [0.25, 0.3) is 16.7 Å². The number of furan rings is 1. The molecule has 1 amide bonds. The number of benzene rings is 1. The molecular weight excluding hydrogens is 388 g/mol. The second-order valence-corrected chi connectivity index (χ2v) is 7.28. The number of aromatic nitrogens is 3. The molecule has 4 rings (SSSR count). The van der Waals surface area contributed by atoms with Gasteiger partial charge in [0.1, 0.15) is 5.76 Å². The Bertz CT molecular complexity index is 1190. The second kappa shape index (κ2) is 8.32. The number of nitrogens with one attached hydrogen (secondary N) is 1. The minimum atomic E-state index is -0.249. The third-order valence-corrected chi connectivity index (χ3v) is 5.25. The molecule has 0 saturated heterocycles. The molecule has 0 aliphatic carbocycles. The molecule has 3 aromatic heterocycles. The SMILES string of the molecule is CC(NC(=O)CSc1nc2ncccc2c(=O)n1-c1ccccc1)c1ccco1. The Kier molecular flexibility index (Phi) is 5.44. The van der Waals surface area contributed by atoms with Gasteiger partial charge in [-0.2, -0.15) is 0 Å². The van der Waals surface area contributed by atoms with Crippen LogP contribution in [0.1, 0.15) is 18.7 Å². The number of amides is 1. The van der Waals surface area contributed by atoms with Crippen LogP contribution in [-0.2, 0) is 4.79 Å². The number of nitrogens with zero attached hydrogens (tertiary/aromatic N) is 3. The Morgan fingerprint density at radius 2 is 2.00 bits per heavy atom. The van der Waals surface area contributed by atoms with Gasteiger partial charge < -0.3 is 9.73 Å². The van der Waals surface area contributed by atoms with E-state index in [1.807, 2.05) is 43.3 Å². The molecule has 0 fully saturated rings. The number of carbonyl (C=O) groups is 1. The number of carbonyl (C=O) groups excluding carboxylic acids is 1. The average molecular weight is 406 g/mol. The quantitative estimate of drug-likeness (QED) is 0.390. The van der Waals surface area contributed by atoms with Crippen molar-refractivity contribution in [3.8, 4) is 5.69 Å². The highest BCUT2D eigenvalue weighted by Crippen LogP contribution is 2.21. The summed E-state index contributed by atoms with van der Waals surface area (Å²) in [6.07, 6.45) is 3.16. The molecule has 1 N–H and O–H groups in total. The molecule has 0 spiro atoms. The normalized spacial score (nSPS) is 12.0. The maximum Gasteiger partial charge on any atom is 0.268 e. The van der Waals surface area contributed by atoms with E-state index >= 15 is 0 Å². The number of rotatable bonds is 6. The van der Waals surface area contributed by atoms with Gasteiger partial charge in [-0.05, 0) is 43.3 Å². The average Bonchev–Trinajstić information content (AvgIpc) is 3.28. The van der Waals surface area contributed by atoms with Crippen molar-refractivity contribution in [2.45, 2.75) is 18.1 Å². The molecule has 8 heteroatoms. The van der Waals surface area contributed by atoms with Gasteiger partial charge in [0, 0.05) is 6.20 Å². The van der Waals surface area contributed by atoms with E-state index in [-0.39, 0.29) is 23.3 Å². The summed E-state index contributed by atoms with van der Waals surface area (Å²) < 4.78 is 6.82. The summed E-state index contributed by atoms with van der Waals surface area (Å²) in [6.45, 7) is 1.85. The summed E-state index contributed by atoms with van der Waals surface area (Å²) in [5.74, 6) is 0.592. The molecule has 0 radical (unpaired) electrons. The number of hydrogen-bond acceptors (Lipinski definition) is 6. The van der Waals surface area contributed by atoms with Crippen LogP contribution in [0.15, 0.2) is 81.4 Å². The zero-order chi connectivity index (χ0) is 20.2. The summed E-state index contributed by atoms with van der Waals surface area (Å²) in [7, 11) is 0. The number of pyridine rings is 1. The van der Waals surface area contributed by atoms with E-state index in [2.05, 4.69) is 15.3 Å². The first-order chi connectivity index (χ1) is 14.1. The van der Waals surface area contributed by atoms with Crippen molar-refractivity contribution in [1.29, 1.82) is 0 Å². The molecule has 146 valence electrons. The van der Waals surface area contributed by atoms with Gasteiger partial charge in [0.2, 0.25) is 5.91 Å². The largest absolute Gasteiger partial charge is 0.467 e. The topological polar surface area (TPSA) is 90.0 Å². The van der Waals surface area contributed by atoms with Crippen LogP contribution in [0.2, 0.25) is 0 Å². The van der Waals surface area contributed by atoms with Crippen LogP contribution in [0.3, 0.4) is 0 Å². The van der Waals surface area contributed by atoms with Gasteiger partial charge in [-0.1, -0.05) is 30.0 Å². The summed E-state index contributed by atoms with van der Waals surface area (Å²) >= 11 is 1.19. The summed E-state index contributed by atoms with van der Waals surface area (Å²) in [5.41, 5.74) is 0.820. The first kappa shape index (κ1) is 18.9. The molecule has 0 saturated carbocycles. The standard InChI is InChI=1S/C21H18N4O3S/c1-14(17-10-6-12-28-17)23-18(26)13-29-21-24-19-16(9-5-11-22-19)20(27)25(21)15-7-3-2-4-8-15/h2-12,14H,13H2,1H3,(H,23,26). The lowest BCUT2D eigenvalue weighted by atomic mass is 10.2. The minimum Gasteiger partial charge on any atom is -0.467 e. The van der Waals surface area contributed by atoms with Crippen LogP contribution >= 0.6 is 11.8 Å². The summed E-state index contributed by atoms with van der Waals surface area (Å²) in [5, 5.41) is 3.72. The minimum absolute atomic E-state index is 0.0999. The zero-order valence-electron chi connectivity index (χ0n) is 15.6. The summed E-state index contributed by atoms with van der Waals surface area (Å²) in [6, 6.07) is 16.0. The lowest BCUT2D eigenvalue weighted by Gasteiger charge is -2.14. The molecule has 1 unspecified atom stereocenters. The number of fused-ring (bicyclic) bond motifs is 1. The fourth-order valence-electron chi connectivity index (χ4n) is 2.92. The number of hydrogen-bond donors (Lipinski definition) is 1. The maximum atomic E-state index is 13.1. The molecule has 7 nitrogen and oxygen atoms in total. The Morgan fingerprint density at radius 1 is 1.17 bits per heavy atom. The van der Waals surface area contributed by atoms with Crippen molar-refractivity contribution >= 4 is 28.7 Å². The smallest absolute Gasteiger partial charge is 0.268 e. The van der Waals surface area contributed by atoms with E-state index in [9.17, 15) is 9.59 Å². The predicted molar refractivity (Wildman–Crippen MR) is 111 cm³/mol. The molecule has 29 heavy (non-hydrogen) atoms. The van der Waals surface area contributed by atoms with E-state index in [1.165, 1.54) is 16.3 Å². The molecule has 0 bridgehead atoms. The van der Waals surface area contributed by atoms with Crippen molar-refractivity contribution in [3.05, 3.63) is 83.2 Å². The third-order valence-electron chi connectivity index (χ3n) is 4.31. The second-order valence-electron chi connectivity index (χ2n) is 6.34. The van der Waals surface area contributed by atoms with E-state index in [0.29, 0.717) is 27.6 Å². The maximum absolute atomic E-state index is 13.1. The lowest BCUT2D eigenvalue weighted by molar-refractivity contribution is -0.119. The first-order valence-electron chi connectivity index (χ1n) is 9.02. The summed E-state index contributed by atoms with van der Waals surface area (Å²) in [4.78, 5) is 34.2. The zero-order valence-corrected chi connectivity index (χ0v) is 16.4. The molecule has 0 aliphatic heterocycles. The van der Waals surface area contributed by atoms with Crippen LogP contribution in [0.4, 0.5) is 0 Å². The van der Waals surface area contributed by atoms with E-state index in [0.717, 1.165) is 0 Å². The molecular formula is C21H18N4O3S. The van der Waals surface area contributed by atoms with Crippen molar-refractivity contribution in [2.75, 3.05) is 5.75 Å². The third kappa shape index (κ3) is 4.07. The molecule has 1 atom stereocenters. The highest BCUT2D eigenvalue weighted by atomic mass is 32.2. The Hall–Kier alpha value is -3.39. The van der Waals surface area contributed by atoms with Crippen LogP contribution in [0.5, 0.6) is 0 Å². The molecule has 3 heterocycles. The van der Waals surface area contributed by atoms with Crippen molar-refractivity contribution in [2.24, 2.45) is 0 Å². The van der Waals surface area contributed by atoms with Gasteiger partial charge in [-0.3, -0.25) is 14.2 Å². The van der Waals surface area contributed by atoms with Gasteiger partial charge in [-0.15, -0.1) is 0 Å². The molecule has 4 aromatic rings. The van der Waals surface area contributed by atoms with E-state index in [1.54, 1.807) is 30.7 Å². The van der Waals surface area contributed by atoms with E-state index < -0.39 is 0 Å². The molecule has 1 aromatic carbocycles. The Morgan fingerprint density at radius 3 is 2.76 bits per heavy atom. The van der Waals surface area contributed by atoms with E-state index in [4.69, 9.17) is 4.42 Å². The van der Waals surface area contributed by atoms with Gasteiger partial charge in [-0.25, -0.2) is 9.97 Å². The van der Waals surface area contributed by atoms with Crippen molar-refractivity contribution in [3.63, 3.8) is 0 Å². The highest BCUT2D eigenvalue weighted by molar-refractivity contribution is 7.99. The first-order valence-corrected chi connectivity index (χ1v) is 10.0. The van der Waals surface area contributed by atoms with Crippen molar-refractivity contribution in [1.82, 2.24) is 19.9 Å². The van der Waals surface area contributed by atoms with Crippen LogP contribution in [-0.4, -0.2) is 26.2 Å². The number of para-hydroxylation sites is 1. The van der Waals surface area contributed by atoms with Gasteiger partial charge in [0.05, 0.1) is 29.1 Å². The fourth-order valence-corrected chi connectivity index (χ4v) is 3.74. The van der Waals surface area contributed by atoms with Gasteiger partial charge >= 0.3 is 0 Å². The van der Waals surface area contributed by atoms with Gasteiger partial charge in [0.25, 0.3) is 5.56 Å². The monoisotopic (exact) mass is 406 g/mol. The van der Waals surface area contributed by atoms with Crippen LogP contribution < -0.4 is 10.9 Å². The Balaban J connectivity index is 1.62. The lowest BCUT2D eigenvalue weighted by Crippen LogP contribution is -2.28. The van der Waals surface area contributed by atoms with Crippen LogP contribution in [0, 0.1) is 0 Å². The highest BCUT2D eigenvalue weighted by Gasteiger charge is 2.17. The molecule has 0 aliphatic rings. The predicted octanol–water partition coefficient (Wildman–Crippen LogP) is 3.34. The number of thioether (sulfide) groups is 1. The van der Waals surface area contributed by atoms with Crippen molar-refractivity contribution < 1.29 is 9.21 Å². The Labute approximate surface area is 170 Å². The van der Waals surface area contributed by atoms with Gasteiger partial charge in [0.15, 0.2) is 10.8 Å². The fraction of sp³-hybridized carbons (Fsp3) is 0.143.